The molecule has 0 bridgehead atoms. The lowest BCUT2D eigenvalue weighted by atomic mass is 10.1. The number of nitrogens with zero attached hydrogens (tertiary/aromatic N) is 2. The van der Waals surface area contributed by atoms with Crippen molar-refractivity contribution in [1.29, 1.82) is 0 Å². The maximum absolute atomic E-state index is 13.3. The first-order valence-electron chi connectivity index (χ1n) is 7.96. The molecule has 0 radical (unpaired) electrons. The molecule has 0 atom stereocenters. The van der Waals surface area contributed by atoms with Crippen molar-refractivity contribution in [1.82, 2.24) is 9.47 Å². The summed E-state index contributed by atoms with van der Waals surface area (Å²) in [7, 11) is 0. The maximum atomic E-state index is 13.3. The van der Waals surface area contributed by atoms with Crippen LogP contribution in [-0.2, 0) is 25.9 Å². The van der Waals surface area contributed by atoms with Gasteiger partial charge in [-0.05, 0) is 29.7 Å². The fraction of sp³-hybridized carbons (Fsp3) is 0.316. The molecule has 3 rings (SSSR count). The molecule has 3 nitrogen and oxygen atoms in total. The number of halogens is 1. The molecule has 1 aliphatic rings. The van der Waals surface area contributed by atoms with Crippen LogP contribution in [0.3, 0.4) is 0 Å². The quantitative estimate of drug-likeness (QED) is 0.811. The second-order valence-electron chi connectivity index (χ2n) is 5.95. The summed E-state index contributed by atoms with van der Waals surface area (Å²) in [5.41, 5.74) is 3.36. The van der Waals surface area contributed by atoms with Gasteiger partial charge < -0.3 is 4.57 Å². The number of hydrogen-bond acceptors (Lipinski definition) is 2. The highest BCUT2D eigenvalue weighted by Gasteiger charge is 2.17. The minimum atomic E-state index is -0.194. The summed E-state index contributed by atoms with van der Waals surface area (Å²) in [6.07, 6.45) is 3.49. The van der Waals surface area contributed by atoms with Crippen LogP contribution in [-0.4, -0.2) is 22.6 Å². The Kier molecular flexibility index (Phi) is 4.72. The van der Waals surface area contributed by atoms with E-state index in [1.165, 1.54) is 11.6 Å². The van der Waals surface area contributed by atoms with Crippen molar-refractivity contribution in [2.45, 2.75) is 25.9 Å². The van der Waals surface area contributed by atoms with E-state index in [1.807, 2.05) is 16.7 Å². The zero-order valence-corrected chi connectivity index (χ0v) is 13.2. The first-order chi connectivity index (χ1) is 11.2. The molecule has 0 saturated carbocycles. The van der Waals surface area contributed by atoms with Crippen LogP contribution in [0.1, 0.15) is 16.8 Å². The summed E-state index contributed by atoms with van der Waals surface area (Å²) in [5.74, 6) is -0.194. The first kappa shape index (κ1) is 15.7. The van der Waals surface area contributed by atoms with E-state index in [1.54, 1.807) is 24.3 Å². The van der Waals surface area contributed by atoms with E-state index in [-0.39, 0.29) is 11.4 Å². The standard InChI is InChI=1S/C19H21FN2O/c1-2-10-22-18-9-12-21(11-8-16(18)6-7-19(22)23)14-15-4-3-5-17(20)13-15/h2-7,13H,1,8-12,14H2. The van der Waals surface area contributed by atoms with Crippen LogP contribution in [0.2, 0.25) is 0 Å². The van der Waals surface area contributed by atoms with Crippen LogP contribution in [0, 0.1) is 5.82 Å². The van der Waals surface area contributed by atoms with Crippen molar-refractivity contribution in [3.63, 3.8) is 0 Å². The number of pyridine rings is 1. The van der Waals surface area contributed by atoms with Gasteiger partial charge >= 0.3 is 0 Å². The third kappa shape index (κ3) is 3.59. The molecule has 0 unspecified atom stereocenters. The van der Waals surface area contributed by atoms with Gasteiger partial charge in [-0.15, -0.1) is 6.58 Å². The summed E-state index contributed by atoms with van der Waals surface area (Å²) in [5, 5.41) is 0. The van der Waals surface area contributed by atoms with Crippen molar-refractivity contribution < 1.29 is 4.39 Å². The van der Waals surface area contributed by atoms with Crippen molar-refractivity contribution in [2.24, 2.45) is 0 Å². The number of fused-ring (bicyclic) bond motifs is 1. The van der Waals surface area contributed by atoms with E-state index < -0.39 is 0 Å². The monoisotopic (exact) mass is 312 g/mol. The molecule has 2 aromatic rings. The molecule has 2 heterocycles. The van der Waals surface area contributed by atoms with E-state index in [4.69, 9.17) is 0 Å². The lowest BCUT2D eigenvalue weighted by Crippen LogP contribution is -2.27. The van der Waals surface area contributed by atoms with Gasteiger partial charge in [0.15, 0.2) is 0 Å². The Hall–Kier alpha value is -2.20. The van der Waals surface area contributed by atoms with Crippen LogP contribution in [0.25, 0.3) is 0 Å². The van der Waals surface area contributed by atoms with E-state index in [9.17, 15) is 9.18 Å². The average Bonchev–Trinajstić information content (AvgIpc) is 2.73. The molecule has 0 saturated heterocycles. The van der Waals surface area contributed by atoms with E-state index in [0.717, 1.165) is 43.7 Å². The molecule has 0 spiro atoms. The zero-order chi connectivity index (χ0) is 16.2. The van der Waals surface area contributed by atoms with E-state index >= 15 is 0 Å². The molecular weight excluding hydrogens is 291 g/mol. The van der Waals surface area contributed by atoms with Gasteiger partial charge in [-0.2, -0.15) is 0 Å². The number of benzene rings is 1. The van der Waals surface area contributed by atoms with Gasteiger partial charge in [0.1, 0.15) is 5.82 Å². The predicted molar refractivity (Wildman–Crippen MR) is 90.0 cm³/mol. The fourth-order valence-corrected chi connectivity index (χ4v) is 3.22. The Morgan fingerprint density at radius 3 is 2.78 bits per heavy atom. The topological polar surface area (TPSA) is 25.2 Å². The summed E-state index contributed by atoms with van der Waals surface area (Å²) >= 11 is 0. The van der Waals surface area contributed by atoms with Gasteiger partial charge in [0.2, 0.25) is 0 Å². The first-order valence-corrected chi connectivity index (χ1v) is 7.96. The molecular formula is C19H21FN2O. The van der Waals surface area contributed by atoms with Gasteiger partial charge in [-0.25, -0.2) is 4.39 Å². The number of rotatable bonds is 4. The summed E-state index contributed by atoms with van der Waals surface area (Å²) in [4.78, 5) is 14.4. The van der Waals surface area contributed by atoms with E-state index in [0.29, 0.717) is 6.54 Å². The van der Waals surface area contributed by atoms with Gasteiger partial charge in [0.25, 0.3) is 5.56 Å². The van der Waals surface area contributed by atoms with Crippen LogP contribution < -0.4 is 5.56 Å². The van der Waals surface area contributed by atoms with Gasteiger partial charge in [0, 0.05) is 44.4 Å². The molecule has 0 aliphatic carbocycles. The highest BCUT2D eigenvalue weighted by atomic mass is 19.1. The molecule has 23 heavy (non-hydrogen) atoms. The summed E-state index contributed by atoms with van der Waals surface area (Å²) in [6.45, 7) is 6.80. The van der Waals surface area contributed by atoms with Crippen molar-refractivity contribution >= 4 is 0 Å². The van der Waals surface area contributed by atoms with Crippen molar-refractivity contribution in [2.75, 3.05) is 13.1 Å². The smallest absolute Gasteiger partial charge is 0.251 e. The SMILES string of the molecule is C=CCn1c2c(ccc1=O)CCN(Cc1cccc(F)c1)CC2. The number of aromatic nitrogens is 1. The largest absolute Gasteiger partial charge is 0.309 e. The van der Waals surface area contributed by atoms with Crippen LogP contribution >= 0.6 is 0 Å². The summed E-state index contributed by atoms with van der Waals surface area (Å²) < 4.78 is 15.1. The molecule has 0 N–H and O–H groups in total. The Balaban J connectivity index is 1.78. The van der Waals surface area contributed by atoms with Crippen molar-refractivity contribution in [3.05, 3.63) is 82.0 Å². The van der Waals surface area contributed by atoms with E-state index in [2.05, 4.69) is 11.5 Å². The van der Waals surface area contributed by atoms with Crippen LogP contribution in [0.5, 0.6) is 0 Å². The molecule has 1 aliphatic heterocycles. The minimum absolute atomic E-state index is 0.0298. The predicted octanol–water partition coefficient (Wildman–Crippen LogP) is 2.77. The Bertz CT molecular complexity index is 766. The lowest BCUT2D eigenvalue weighted by Gasteiger charge is -2.19. The highest BCUT2D eigenvalue weighted by Crippen LogP contribution is 2.17. The molecule has 0 amide bonds. The van der Waals surface area contributed by atoms with Gasteiger partial charge in [0.05, 0.1) is 0 Å². The molecule has 1 aromatic heterocycles. The highest BCUT2D eigenvalue weighted by molar-refractivity contribution is 5.24. The second-order valence-corrected chi connectivity index (χ2v) is 5.95. The molecule has 4 heteroatoms. The zero-order valence-electron chi connectivity index (χ0n) is 13.2. The Labute approximate surface area is 135 Å². The molecule has 0 fully saturated rings. The molecule has 1 aromatic carbocycles. The normalized spacial score (nSPS) is 15.0. The minimum Gasteiger partial charge on any atom is -0.309 e. The average molecular weight is 312 g/mol. The third-order valence-corrected chi connectivity index (χ3v) is 4.36. The van der Waals surface area contributed by atoms with Crippen molar-refractivity contribution in [3.8, 4) is 0 Å². The fourth-order valence-electron chi connectivity index (χ4n) is 3.22. The summed E-state index contributed by atoms with van der Waals surface area (Å²) in [6, 6.07) is 10.3. The van der Waals surface area contributed by atoms with Crippen LogP contribution in [0.4, 0.5) is 4.39 Å². The number of allylic oxidation sites excluding steroid dienone is 1. The number of hydrogen-bond donors (Lipinski definition) is 0. The Morgan fingerprint density at radius 1 is 1.17 bits per heavy atom. The maximum Gasteiger partial charge on any atom is 0.251 e. The lowest BCUT2D eigenvalue weighted by molar-refractivity contribution is 0.278. The molecule has 120 valence electrons. The Morgan fingerprint density at radius 2 is 2.00 bits per heavy atom. The third-order valence-electron chi connectivity index (χ3n) is 4.36. The second kappa shape index (κ2) is 6.92. The van der Waals surface area contributed by atoms with Gasteiger partial charge in [-0.1, -0.05) is 24.3 Å². The van der Waals surface area contributed by atoms with Crippen LogP contribution in [0.15, 0.2) is 53.8 Å². The van der Waals surface area contributed by atoms with Gasteiger partial charge in [-0.3, -0.25) is 9.69 Å².